The van der Waals surface area contributed by atoms with E-state index in [1.165, 1.54) is 16.7 Å². The number of rotatable bonds is 3. The number of benzene rings is 2. The highest BCUT2D eigenvalue weighted by Crippen LogP contribution is 2.36. The lowest BCUT2D eigenvalue weighted by molar-refractivity contribution is -0.116. The Labute approximate surface area is 190 Å². The molecule has 30 heavy (non-hydrogen) atoms. The first-order valence-electron chi connectivity index (χ1n) is 9.78. The Morgan fingerprint density at radius 2 is 1.80 bits per heavy atom. The van der Waals surface area contributed by atoms with Crippen LogP contribution in [0.5, 0.6) is 0 Å². The Balaban J connectivity index is 1.64. The van der Waals surface area contributed by atoms with E-state index in [-0.39, 0.29) is 5.91 Å². The number of likely N-dealkylation sites (N-methyl/N-ethyl adjacent to an activating group) is 1. The average molecular weight is 464 g/mol. The van der Waals surface area contributed by atoms with Crippen molar-refractivity contribution in [2.24, 2.45) is 0 Å². The van der Waals surface area contributed by atoms with Gasteiger partial charge in [0.15, 0.2) is 0 Å². The molecule has 0 aliphatic carbocycles. The quantitative estimate of drug-likeness (QED) is 0.691. The van der Waals surface area contributed by atoms with E-state index in [1.807, 2.05) is 24.3 Å². The average Bonchev–Trinajstić information content (AvgIpc) is 2.74. The van der Waals surface area contributed by atoms with Crippen molar-refractivity contribution in [2.45, 2.75) is 6.23 Å². The SMILES string of the molecule is CN1CCN(c2ccccc2/C=C2\SCC(O)N(c3ccc(Cl)c(Cl)c3)C2=O)CC1. The molecule has 2 fully saturated rings. The molecule has 4 rings (SSSR count). The number of amides is 1. The van der Waals surface area contributed by atoms with E-state index in [2.05, 4.69) is 22.9 Å². The molecule has 2 aliphatic rings. The monoisotopic (exact) mass is 463 g/mol. The summed E-state index contributed by atoms with van der Waals surface area (Å²) >= 11 is 13.5. The minimum Gasteiger partial charge on any atom is -0.372 e. The fraction of sp³-hybridized carbons (Fsp3) is 0.318. The van der Waals surface area contributed by atoms with E-state index in [0.29, 0.717) is 26.4 Å². The number of para-hydroxylation sites is 1. The molecule has 2 aliphatic heterocycles. The number of hydrogen-bond acceptors (Lipinski definition) is 5. The number of piperazine rings is 1. The van der Waals surface area contributed by atoms with E-state index < -0.39 is 6.23 Å². The van der Waals surface area contributed by atoms with Crippen LogP contribution < -0.4 is 9.80 Å². The Kier molecular flexibility index (Phi) is 6.60. The predicted molar refractivity (Wildman–Crippen MR) is 127 cm³/mol. The van der Waals surface area contributed by atoms with Crippen molar-refractivity contribution < 1.29 is 9.90 Å². The van der Waals surface area contributed by atoms with Gasteiger partial charge in [-0.15, -0.1) is 11.8 Å². The van der Waals surface area contributed by atoms with Gasteiger partial charge in [-0.2, -0.15) is 0 Å². The van der Waals surface area contributed by atoms with Crippen LogP contribution in [0.15, 0.2) is 47.4 Å². The molecule has 8 heteroatoms. The fourth-order valence-corrected chi connectivity index (χ4v) is 4.87. The minimum absolute atomic E-state index is 0.245. The number of nitrogens with zero attached hydrogens (tertiary/aromatic N) is 3. The van der Waals surface area contributed by atoms with Crippen LogP contribution in [0, 0.1) is 0 Å². The molecule has 2 aromatic rings. The third kappa shape index (κ3) is 4.48. The van der Waals surface area contributed by atoms with Gasteiger partial charge >= 0.3 is 0 Å². The highest BCUT2D eigenvalue weighted by Gasteiger charge is 2.32. The normalized spacial score (nSPS) is 22.1. The molecular formula is C22H23Cl2N3O2S. The number of thioether (sulfide) groups is 1. The number of hydrogen-bond donors (Lipinski definition) is 1. The van der Waals surface area contributed by atoms with Crippen LogP contribution in [0.2, 0.25) is 10.0 Å². The first-order valence-corrected chi connectivity index (χ1v) is 11.5. The van der Waals surface area contributed by atoms with Crippen molar-refractivity contribution in [1.29, 1.82) is 0 Å². The summed E-state index contributed by atoms with van der Waals surface area (Å²) in [7, 11) is 2.13. The van der Waals surface area contributed by atoms with Crippen LogP contribution in [0.4, 0.5) is 11.4 Å². The molecule has 1 N–H and O–H groups in total. The zero-order chi connectivity index (χ0) is 21.3. The summed E-state index contributed by atoms with van der Waals surface area (Å²) < 4.78 is 0. The molecule has 2 saturated heterocycles. The molecule has 0 aromatic heterocycles. The Hall–Kier alpha value is -1.70. The van der Waals surface area contributed by atoms with Gasteiger partial charge < -0.3 is 14.9 Å². The zero-order valence-electron chi connectivity index (χ0n) is 16.6. The van der Waals surface area contributed by atoms with Crippen molar-refractivity contribution in [3.05, 3.63) is 63.0 Å². The van der Waals surface area contributed by atoms with Crippen molar-refractivity contribution in [1.82, 2.24) is 4.90 Å². The second kappa shape index (κ2) is 9.20. The number of aliphatic hydroxyl groups is 1. The van der Waals surface area contributed by atoms with Crippen LogP contribution in [-0.2, 0) is 4.79 Å². The lowest BCUT2D eigenvalue weighted by Crippen LogP contribution is -2.46. The highest BCUT2D eigenvalue weighted by atomic mass is 35.5. The number of anilines is 2. The zero-order valence-corrected chi connectivity index (χ0v) is 18.9. The maximum absolute atomic E-state index is 13.2. The maximum atomic E-state index is 13.2. The summed E-state index contributed by atoms with van der Waals surface area (Å²) in [6.45, 7) is 3.92. The molecule has 2 heterocycles. The summed E-state index contributed by atoms with van der Waals surface area (Å²) in [6.07, 6.45) is 1.00. The van der Waals surface area contributed by atoms with Crippen molar-refractivity contribution in [3.8, 4) is 0 Å². The number of carbonyl (C=O) groups is 1. The number of aliphatic hydroxyl groups excluding tert-OH is 1. The molecule has 1 unspecified atom stereocenters. The predicted octanol–water partition coefficient (Wildman–Crippen LogP) is 4.18. The van der Waals surface area contributed by atoms with Crippen molar-refractivity contribution in [3.63, 3.8) is 0 Å². The van der Waals surface area contributed by atoms with E-state index in [9.17, 15) is 9.90 Å². The molecule has 5 nitrogen and oxygen atoms in total. The largest absolute Gasteiger partial charge is 0.372 e. The molecule has 1 amide bonds. The van der Waals surface area contributed by atoms with Gasteiger partial charge in [0.1, 0.15) is 6.23 Å². The Morgan fingerprint density at radius 3 is 2.53 bits per heavy atom. The first kappa shape index (κ1) is 21.5. The number of carbonyl (C=O) groups excluding carboxylic acids is 1. The Bertz CT molecular complexity index is 977. The molecule has 158 valence electrons. The Morgan fingerprint density at radius 1 is 1.07 bits per heavy atom. The van der Waals surface area contributed by atoms with E-state index >= 15 is 0 Å². The summed E-state index contributed by atoms with van der Waals surface area (Å²) in [4.78, 5) is 19.9. The molecule has 0 spiro atoms. The second-order valence-corrected chi connectivity index (χ2v) is 9.30. The van der Waals surface area contributed by atoms with Crippen LogP contribution in [0.1, 0.15) is 5.56 Å². The fourth-order valence-electron chi connectivity index (χ4n) is 3.67. The molecule has 2 aromatic carbocycles. The molecule has 0 saturated carbocycles. The standard InChI is InChI=1S/C22H23Cl2N3O2S/c1-25-8-10-26(11-9-25)19-5-3-2-4-15(19)12-20-22(29)27(21(28)14-30-20)16-6-7-17(23)18(24)13-16/h2-7,12-13,21,28H,8-11,14H2,1H3/b20-12-. The van der Waals surface area contributed by atoms with E-state index in [4.69, 9.17) is 23.2 Å². The van der Waals surface area contributed by atoms with Crippen LogP contribution in [0.3, 0.4) is 0 Å². The number of halogens is 2. The van der Waals surface area contributed by atoms with Gasteiger partial charge in [-0.05, 0) is 43.0 Å². The lowest BCUT2D eigenvalue weighted by Gasteiger charge is -2.35. The summed E-state index contributed by atoms with van der Waals surface area (Å²) in [6, 6.07) is 13.1. The summed E-state index contributed by atoms with van der Waals surface area (Å²) in [5.41, 5.74) is 2.66. The van der Waals surface area contributed by atoms with E-state index in [0.717, 1.165) is 37.4 Å². The van der Waals surface area contributed by atoms with Gasteiger partial charge in [-0.25, -0.2) is 0 Å². The smallest absolute Gasteiger partial charge is 0.266 e. The van der Waals surface area contributed by atoms with E-state index in [1.54, 1.807) is 18.2 Å². The molecule has 0 radical (unpaired) electrons. The van der Waals surface area contributed by atoms with Gasteiger partial charge in [0, 0.05) is 43.3 Å². The lowest BCUT2D eigenvalue weighted by atomic mass is 10.1. The third-order valence-electron chi connectivity index (χ3n) is 5.36. The van der Waals surface area contributed by atoms with Crippen LogP contribution in [0.25, 0.3) is 6.08 Å². The van der Waals surface area contributed by atoms with Gasteiger partial charge in [-0.3, -0.25) is 9.69 Å². The van der Waals surface area contributed by atoms with Crippen LogP contribution in [-0.4, -0.2) is 61.1 Å². The third-order valence-corrected chi connectivity index (χ3v) is 7.17. The van der Waals surface area contributed by atoms with Crippen molar-refractivity contribution >= 4 is 58.3 Å². The second-order valence-electron chi connectivity index (χ2n) is 7.42. The molecular weight excluding hydrogens is 441 g/mol. The van der Waals surface area contributed by atoms with Crippen molar-refractivity contribution in [2.75, 3.05) is 48.8 Å². The minimum atomic E-state index is -0.926. The molecule has 1 atom stereocenters. The van der Waals surface area contributed by atoms with Gasteiger partial charge in [-0.1, -0.05) is 41.4 Å². The van der Waals surface area contributed by atoms with Gasteiger partial charge in [0.05, 0.1) is 15.0 Å². The van der Waals surface area contributed by atoms with Crippen LogP contribution >= 0.6 is 35.0 Å². The summed E-state index contributed by atoms with van der Waals surface area (Å²) in [5, 5.41) is 11.2. The topological polar surface area (TPSA) is 47.0 Å². The molecule has 0 bridgehead atoms. The summed E-state index contributed by atoms with van der Waals surface area (Å²) in [5.74, 6) is 0.138. The maximum Gasteiger partial charge on any atom is 0.266 e. The highest BCUT2D eigenvalue weighted by molar-refractivity contribution is 8.04. The van der Waals surface area contributed by atoms with Gasteiger partial charge in [0.25, 0.3) is 5.91 Å². The van der Waals surface area contributed by atoms with Gasteiger partial charge in [0.2, 0.25) is 0 Å². The first-order chi connectivity index (χ1) is 14.4.